The van der Waals surface area contributed by atoms with Crippen molar-refractivity contribution in [2.45, 2.75) is 19.4 Å². The first-order valence-electron chi connectivity index (χ1n) is 5.84. The van der Waals surface area contributed by atoms with Crippen molar-refractivity contribution < 1.29 is 19.1 Å². The molecular formula is C11H20N2O4. The third-order valence-corrected chi connectivity index (χ3v) is 2.57. The number of hydrogen-bond donors (Lipinski definition) is 1. The smallest absolute Gasteiger partial charge is 0.249 e. The van der Waals surface area contributed by atoms with Crippen molar-refractivity contribution in [3.05, 3.63) is 0 Å². The van der Waals surface area contributed by atoms with E-state index in [4.69, 9.17) is 9.47 Å². The van der Waals surface area contributed by atoms with E-state index in [2.05, 4.69) is 5.32 Å². The van der Waals surface area contributed by atoms with Crippen molar-refractivity contribution in [1.29, 1.82) is 0 Å². The van der Waals surface area contributed by atoms with E-state index in [0.29, 0.717) is 19.7 Å². The second-order valence-electron chi connectivity index (χ2n) is 3.90. The summed E-state index contributed by atoms with van der Waals surface area (Å²) in [6.07, 6.45) is 0.866. The van der Waals surface area contributed by atoms with Crippen molar-refractivity contribution in [2.24, 2.45) is 0 Å². The summed E-state index contributed by atoms with van der Waals surface area (Å²) in [5.41, 5.74) is 0. The highest BCUT2D eigenvalue weighted by atomic mass is 16.5. The molecule has 2 amide bonds. The fourth-order valence-electron chi connectivity index (χ4n) is 1.69. The highest BCUT2D eigenvalue weighted by molar-refractivity contribution is 5.88. The number of hydrogen-bond acceptors (Lipinski definition) is 4. The molecule has 0 aromatic rings. The van der Waals surface area contributed by atoms with Crippen LogP contribution in [-0.4, -0.2) is 62.8 Å². The Morgan fingerprint density at radius 2 is 2.29 bits per heavy atom. The molecule has 17 heavy (non-hydrogen) atoms. The van der Waals surface area contributed by atoms with Crippen LogP contribution in [0.25, 0.3) is 0 Å². The van der Waals surface area contributed by atoms with Crippen molar-refractivity contribution >= 4 is 11.8 Å². The lowest BCUT2D eigenvalue weighted by Crippen LogP contribution is -2.56. The molecule has 1 unspecified atom stereocenters. The van der Waals surface area contributed by atoms with Crippen LogP contribution in [0.1, 0.15) is 13.3 Å². The minimum Gasteiger partial charge on any atom is -0.377 e. The first kappa shape index (κ1) is 13.9. The summed E-state index contributed by atoms with van der Waals surface area (Å²) < 4.78 is 10.0. The molecule has 6 nitrogen and oxygen atoms in total. The van der Waals surface area contributed by atoms with Crippen LogP contribution < -0.4 is 5.32 Å². The molecule has 0 saturated carbocycles. The second kappa shape index (κ2) is 7.24. The number of carbonyl (C=O) groups excluding carboxylic acids is 2. The van der Waals surface area contributed by atoms with Gasteiger partial charge in [0.1, 0.15) is 12.6 Å². The van der Waals surface area contributed by atoms with E-state index in [1.165, 1.54) is 12.0 Å². The van der Waals surface area contributed by atoms with Gasteiger partial charge < -0.3 is 19.7 Å². The maximum atomic E-state index is 11.9. The van der Waals surface area contributed by atoms with Gasteiger partial charge >= 0.3 is 0 Å². The first-order valence-corrected chi connectivity index (χ1v) is 5.84. The summed E-state index contributed by atoms with van der Waals surface area (Å²) in [5.74, 6) is -0.330. The lowest BCUT2D eigenvalue weighted by Gasteiger charge is -2.34. The number of methoxy groups -OCH3 is 1. The maximum Gasteiger partial charge on any atom is 0.249 e. The van der Waals surface area contributed by atoms with Crippen LogP contribution in [0.15, 0.2) is 0 Å². The molecule has 6 heteroatoms. The Balaban J connectivity index is 2.58. The Morgan fingerprint density at radius 3 is 2.94 bits per heavy atom. The molecule has 0 aromatic carbocycles. The predicted molar refractivity (Wildman–Crippen MR) is 61.5 cm³/mol. The number of nitrogens with one attached hydrogen (secondary N) is 1. The molecule has 1 aliphatic heterocycles. The van der Waals surface area contributed by atoms with Crippen LogP contribution in [0.3, 0.4) is 0 Å². The van der Waals surface area contributed by atoms with Crippen molar-refractivity contribution in [2.75, 3.05) is 40.0 Å². The minimum atomic E-state index is -0.530. The van der Waals surface area contributed by atoms with E-state index < -0.39 is 6.04 Å². The zero-order valence-electron chi connectivity index (χ0n) is 10.4. The van der Waals surface area contributed by atoms with E-state index in [-0.39, 0.29) is 25.0 Å². The number of ether oxygens (including phenoxy) is 2. The van der Waals surface area contributed by atoms with Gasteiger partial charge in [-0.25, -0.2) is 0 Å². The molecule has 1 rings (SSSR count). The molecule has 1 saturated heterocycles. The van der Waals surface area contributed by atoms with Gasteiger partial charge in [0.2, 0.25) is 11.8 Å². The van der Waals surface area contributed by atoms with Crippen LogP contribution in [0.5, 0.6) is 0 Å². The summed E-state index contributed by atoms with van der Waals surface area (Å²) >= 11 is 0. The molecule has 0 aromatic heterocycles. The van der Waals surface area contributed by atoms with Gasteiger partial charge in [0, 0.05) is 20.2 Å². The van der Waals surface area contributed by atoms with Crippen molar-refractivity contribution in [3.63, 3.8) is 0 Å². The molecule has 0 radical (unpaired) electrons. The number of amides is 2. The number of rotatable bonds is 5. The Labute approximate surface area is 101 Å². The Bertz CT molecular complexity index is 270. The number of morpholine rings is 1. The number of carbonyl (C=O) groups is 2. The van der Waals surface area contributed by atoms with Crippen LogP contribution in [0.2, 0.25) is 0 Å². The second-order valence-corrected chi connectivity index (χ2v) is 3.90. The monoisotopic (exact) mass is 244 g/mol. The highest BCUT2D eigenvalue weighted by Crippen LogP contribution is 2.07. The Kier molecular flexibility index (Phi) is 5.93. The SMILES string of the molecule is CCCNC(=O)C1COCCN1C(=O)COC. The molecular weight excluding hydrogens is 224 g/mol. The molecule has 0 spiro atoms. The molecule has 98 valence electrons. The van der Waals surface area contributed by atoms with Gasteiger partial charge in [-0.15, -0.1) is 0 Å². The minimum absolute atomic E-state index is 0.00242. The van der Waals surface area contributed by atoms with E-state index in [1.54, 1.807) is 0 Å². The zero-order valence-corrected chi connectivity index (χ0v) is 10.4. The molecule has 1 N–H and O–H groups in total. The fraction of sp³-hybridized carbons (Fsp3) is 0.818. The summed E-state index contributed by atoms with van der Waals surface area (Å²) in [6.45, 7) is 3.75. The first-order chi connectivity index (χ1) is 8.20. The van der Waals surface area contributed by atoms with Gasteiger partial charge in [-0.2, -0.15) is 0 Å². The highest BCUT2D eigenvalue weighted by Gasteiger charge is 2.32. The molecule has 1 fully saturated rings. The van der Waals surface area contributed by atoms with Gasteiger partial charge in [0.15, 0.2) is 0 Å². The molecule has 0 aliphatic carbocycles. The van der Waals surface area contributed by atoms with Gasteiger partial charge in [-0.05, 0) is 6.42 Å². The third-order valence-electron chi connectivity index (χ3n) is 2.57. The van der Waals surface area contributed by atoms with Crippen LogP contribution in [0, 0.1) is 0 Å². The molecule has 1 aliphatic rings. The summed E-state index contributed by atoms with van der Waals surface area (Å²) in [4.78, 5) is 25.1. The normalized spacial score (nSPS) is 20.1. The van der Waals surface area contributed by atoms with Crippen LogP contribution in [-0.2, 0) is 19.1 Å². The lowest BCUT2D eigenvalue weighted by atomic mass is 10.2. The quantitative estimate of drug-likeness (QED) is 0.700. The van der Waals surface area contributed by atoms with E-state index >= 15 is 0 Å². The summed E-state index contributed by atoms with van der Waals surface area (Å²) in [7, 11) is 1.46. The zero-order chi connectivity index (χ0) is 12.7. The van der Waals surface area contributed by atoms with Crippen LogP contribution >= 0.6 is 0 Å². The predicted octanol–water partition coefficient (Wildman–Crippen LogP) is -0.614. The average Bonchev–Trinajstić information content (AvgIpc) is 2.36. The van der Waals surface area contributed by atoms with Gasteiger partial charge in [0.25, 0.3) is 0 Å². The molecule has 1 heterocycles. The Hall–Kier alpha value is -1.14. The van der Waals surface area contributed by atoms with Gasteiger partial charge in [-0.1, -0.05) is 6.92 Å². The molecule has 0 bridgehead atoms. The van der Waals surface area contributed by atoms with E-state index in [1.807, 2.05) is 6.92 Å². The standard InChI is InChI=1S/C11H20N2O4/c1-3-4-12-11(15)9-7-17-6-5-13(9)10(14)8-16-2/h9H,3-8H2,1-2H3,(H,12,15). The van der Waals surface area contributed by atoms with E-state index in [9.17, 15) is 9.59 Å². The number of nitrogens with zero attached hydrogens (tertiary/aromatic N) is 1. The van der Waals surface area contributed by atoms with Crippen molar-refractivity contribution in [1.82, 2.24) is 10.2 Å². The molecule has 1 atom stereocenters. The lowest BCUT2D eigenvalue weighted by molar-refractivity contribution is -0.151. The van der Waals surface area contributed by atoms with Gasteiger partial charge in [-0.3, -0.25) is 9.59 Å². The van der Waals surface area contributed by atoms with Crippen LogP contribution in [0.4, 0.5) is 0 Å². The van der Waals surface area contributed by atoms with Crippen molar-refractivity contribution in [3.8, 4) is 0 Å². The summed E-state index contributed by atoms with van der Waals surface area (Å²) in [5, 5.41) is 2.78. The summed E-state index contributed by atoms with van der Waals surface area (Å²) in [6, 6.07) is -0.530. The Morgan fingerprint density at radius 1 is 1.53 bits per heavy atom. The maximum absolute atomic E-state index is 11.9. The topological polar surface area (TPSA) is 67.9 Å². The fourth-order valence-corrected chi connectivity index (χ4v) is 1.69. The largest absolute Gasteiger partial charge is 0.377 e. The average molecular weight is 244 g/mol. The third kappa shape index (κ3) is 3.98. The van der Waals surface area contributed by atoms with Gasteiger partial charge in [0.05, 0.1) is 13.2 Å². The van der Waals surface area contributed by atoms with E-state index in [0.717, 1.165) is 6.42 Å².